The van der Waals surface area contributed by atoms with Crippen LogP contribution in [0.1, 0.15) is 38.1 Å². The molecule has 182 valence electrons. The number of aromatic nitrogens is 1. The smallest absolute Gasteiger partial charge is 0.344 e. The molecule has 0 unspecified atom stereocenters. The molecule has 3 rings (SSSR count). The fourth-order valence-corrected chi connectivity index (χ4v) is 2.83. The average molecular weight is 477 g/mol. The van der Waals surface area contributed by atoms with Crippen molar-refractivity contribution < 1.29 is 28.6 Å². The highest BCUT2D eigenvalue weighted by atomic mass is 16.6. The summed E-state index contributed by atoms with van der Waals surface area (Å²) in [4.78, 5) is 40.9. The standard InChI is InChI=1S/C27H28N2O6/c1-18(25(31)19-8-10-20(11-9-19)29-26(32)27(2,3)4)34-24(30)17-33-21-12-14-22(15-13-21)35-23-7-5-6-16-28-23/h5-16,18H,17H2,1-4H3,(H,29,32)/t18-/m1/s1. The van der Waals surface area contributed by atoms with Gasteiger partial charge in [-0.05, 0) is 61.5 Å². The molecular formula is C27H28N2O6. The van der Waals surface area contributed by atoms with E-state index < -0.39 is 17.5 Å². The Kier molecular flexibility index (Phi) is 8.20. The van der Waals surface area contributed by atoms with Crippen molar-refractivity contribution in [3.05, 3.63) is 78.5 Å². The lowest BCUT2D eigenvalue weighted by Gasteiger charge is -2.18. The second-order valence-corrected chi connectivity index (χ2v) is 8.81. The van der Waals surface area contributed by atoms with Gasteiger partial charge in [0.2, 0.25) is 17.6 Å². The van der Waals surface area contributed by atoms with E-state index in [4.69, 9.17) is 14.2 Å². The highest BCUT2D eigenvalue weighted by molar-refractivity contribution is 6.01. The summed E-state index contributed by atoms with van der Waals surface area (Å²) in [6.07, 6.45) is 0.641. The minimum atomic E-state index is -0.990. The van der Waals surface area contributed by atoms with Crippen LogP contribution in [0, 0.1) is 5.41 Å². The first-order valence-corrected chi connectivity index (χ1v) is 11.1. The maximum absolute atomic E-state index is 12.6. The Hall–Kier alpha value is -4.20. The average Bonchev–Trinajstić information content (AvgIpc) is 2.83. The van der Waals surface area contributed by atoms with Gasteiger partial charge in [-0.1, -0.05) is 26.8 Å². The van der Waals surface area contributed by atoms with E-state index in [9.17, 15) is 14.4 Å². The van der Waals surface area contributed by atoms with Crippen LogP contribution >= 0.6 is 0 Å². The van der Waals surface area contributed by atoms with Gasteiger partial charge < -0.3 is 19.5 Å². The second-order valence-electron chi connectivity index (χ2n) is 8.81. The number of esters is 1. The van der Waals surface area contributed by atoms with Crippen molar-refractivity contribution in [2.24, 2.45) is 5.41 Å². The van der Waals surface area contributed by atoms with E-state index in [-0.39, 0.29) is 18.3 Å². The summed E-state index contributed by atoms with van der Waals surface area (Å²) in [5.41, 5.74) is 0.411. The number of amides is 1. The van der Waals surface area contributed by atoms with Gasteiger partial charge in [0.05, 0.1) is 0 Å². The van der Waals surface area contributed by atoms with E-state index >= 15 is 0 Å². The molecule has 0 saturated carbocycles. The SMILES string of the molecule is C[C@@H](OC(=O)COc1ccc(Oc2ccccn2)cc1)C(=O)c1ccc(NC(=O)C(C)(C)C)cc1. The van der Waals surface area contributed by atoms with E-state index in [1.165, 1.54) is 6.92 Å². The molecule has 0 spiro atoms. The Labute approximate surface area is 204 Å². The van der Waals surface area contributed by atoms with E-state index in [0.717, 1.165) is 0 Å². The molecule has 0 aliphatic rings. The predicted molar refractivity (Wildman–Crippen MR) is 131 cm³/mol. The van der Waals surface area contributed by atoms with Crippen LogP contribution < -0.4 is 14.8 Å². The normalized spacial score (nSPS) is 11.8. The van der Waals surface area contributed by atoms with E-state index in [2.05, 4.69) is 10.3 Å². The topological polar surface area (TPSA) is 104 Å². The van der Waals surface area contributed by atoms with Crippen molar-refractivity contribution in [2.45, 2.75) is 33.8 Å². The van der Waals surface area contributed by atoms with Crippen LogP contribution in [0.15, 0.2) is 72.9 Å². The molecule has 0 aliphatic heterocycles. The number of hydrogen-bond donors (Lipinski definition) is 1. The van der Waals surface area contributed by atoms with Crippen LogP contribution in [0.4, 0.5) is 5.69 Å². The van der Waals surface area contributed by atoms with Crippen molar-refractivity contribution in [3.63, 3.8) is 0 Å². The van der Waals surface area contributed by atoms with Crippen molar-refractivity contribution in [1.82, 2.24) is 4.98 Å². The van der Waals surface area contributed by atoms with Gasteiger partial charge in [0.1, 0.15) is 11.5 Å². The minimum absolute atomic E-state index is 0.130. The Morgan fingerprint density at radius 2 is 1.57 bits per heavy atom. The molecule has 0 bridgehead atoms. The Balaban J connectivity index is 1.46. The largest absolute Gasteiger partial charge is 0.482 e. The molecule has 2 aromatic carbocycles. The predicted octanol–water partition coefficient (Wildman–Crippen LogP) is 5.05. The first-order valence-electron chi connectivity index (χ1n) is 11.1. The van der Waals surface area contributed by atoms with Crippen LogP contribution in [0.5, 0.6) is 17.4 Å². The molecule has 0 aliphatic carbocycles. The van der Waals surface area contributed by atoms with Gasteiger partial charge in [-0.25, -0.2) is 9.78 Å². The summed E-state index contributed by atoms with van der Waals surface area (Å²) in [5, 5.41) is 2.79. The van der Waals surface area contributed by atoms with Gasteiger partial charge in [0.25, 0.3) is 0 Å². The summed E-state index contributed by atoms with van der Waals surface area (Å²) in [5.74, 6) is 0.322. The lowest BCUT2D eigenvalue weighted by atomic mass is 9.95. The van der Waals surface area contributed by atoms with Crippen LogP contribution in [0.25, 0.3) is 0 Å². The summed E-state index contributed by atoms with van der Waals surface area (Å²) in [6.45, 7) is 6.59. The van der Waals surface area contributed by atoms with Gasteiger partial charge in [0.15, 0.2) is 12.7 Å². The number of anilines is 1. The van der Waals surface area contributed by atoms with Crippen LogP contribution in [0.3, 0.4) is 0 Å². The molecule has 1 N–H and O–H groups in total. The third-order valence-electron chi connectivity index (χ3n) is 4.83. The zero-order valence-corrected chi connectivity index (χ0v) is 20.1. The quantitative estimate of drug-likeness (QED) is 0.340. The first-order chi connectivity index (χ1) is 16.6. The highest BCUT2D eigenvalue weighted by Gasteiger charge is 2.22. The van der Waals surface area contributed by atoms with Crippen molar-refractivity contribution in [1.29, 1.82) is 0 Å². The van der Waals surface area contributed by atoms with Gasteiger partial charge in [-0.2, -0.15) is 0 Å². The highest BCUT2D eigenvalue weighted by Crippen LogP contribution is 2.22. The molecule has 0 saturated heterocycles. The van der Waals surface area contributed by atoms with Crippen molar-refractivity contribution in [3.8, 4) is 17.4 Å². The van der Waals surface area contributed by atoms with Crippen LogP contribution in [-0.2, 0) is 14.3 Å². The number of ketones is 1. The van der Waals surface area contributed by atoms with Crippen LogP contribution in [0.2, 0.25) is 0 Å². The second kappa shape index (κ2) is 11.3. The summed E-state index contributed by atoms with van der Waals surface area (Å²) >= 11 is 0. The number of benzene rings is 2. The number of carbonyl (C=O) groups excluding carboxylic acids is 3. The van der Waals surface area contributed by atoms with Gasteiger partial charge in [0, 0.05) is 28.9 Å². The molecule has 1 amide bonds. The Morgan fingerprint density at radius 3 is 2.17 bits per heavy atom. The third kappa shape index (κ3) is 7.67. The lowest BCUT2D eigenvalue weighted by molar-refractivity contribution is -0.148. The van der Waals surface area contributed by atoms with Gasteiger partial charge >= 0.3 is 5.97 Å². The molecule has 8 heteroatoms. The monoisotopic (exact) mass is 476 g/mol. The van der Waals surface area contributed by atoms with Gasteiger partial charge in [-0.15, -0.1) is 0 Å². The number of ether oxygens (including phenoxy) is 3. The molecule has 1 aromatic heterocycles. The molecule has 0 fully saturated rings. The molecule has 8 nitrogen and oxygen atoms in total. The number of nitrogens with zero attached hydrogens (tertiary/aromatic N) is 1. The van der Waals surface area contributed by atoms with Crippen molar-refractivity contribution in [2.75, 3.05) is 11.9 Å². The fourth-order valence-electron chi connectivity index (χ4n) is 2.83. The molecule has 1 heterocycles. The van der Waals surface area contributed by atoms with Gasteiger partial charge in [-0.3, -0.25) is 9.59 Å². The lowest BCUT2D eigenvalue weighted by Crippen LogP contribution is -2.28. The number of hydrogen-bond acceptors (Lipinski definition) is 7. The van der Waals surface area contributed by atoms with E-state index in [0.29, 0.717) is 28.6 Å². The molecule has 1 atom stereocenters. The number of rotatable bonds is 9. The molecule has 3 aromatic rings. The zero-order chi connectivity index (χ0) is 25.4. The molecule has 35 heavy (non-hydrogen) atoms. The first kappa shape index (κ1) is 25.4. The summed E-state index contributed by atoms with van der Waals surface area (Å²) in [6, 6.07) is 18.5. The Bertz CT molecular complexity index is 1150. The molecule has 0 radical (unpaired) electrons. The molecular weight excluding hydrogens is 448 g/mol. The van der Waals surface area contributed by atoms with E-state index in [1.54, 1.807) is 66.9 Å². The summed E-state index contributed by atoms with van der Waals surface area (Å²) < 4.78 is 16.3. The number of nitrogens with one attached hydrogen (secondary N) is 1. The van der Waals surface area contributed by atoms with Crippen LogP contribution in [-0.4, -0.2) is 35.4 Å². The minimum Gasteiger partial charge on any atom is -0.482 e. The third-order valence-corrected chi connectivity index (χ3v) is 4.83. The van der Waals surface area contributed by atoms with Crippen molar-refractivity contribution >= 4 is 23.3 Å². The van der Waals surface area contributed by atoms with E-state index in [1.807, 2.05) is 26.8 Å². The fraction of sp³-hybridized carbons (Fsp3) is 0.259. The maximum atomic E-state index is 12.6. The number of carbonyl (C=O) groups is 3. The zero-order valence-electron chi connectivity index (χ0n) is 20.1. The summed E-state index contributed by atoms with van der Waals surface area (Å²) in [7, 11) is 0. The number of Topliss-reactive ketones (excluding diaryl/α,β-unsaturated/α-hetero) is 1. The number of pyridine rings is 1. The Morgan fingerprint density at radius 1 is 0.914 bits per heavy atom. The maximum Gasteiger partial charge on any atom is 0.344 e.